The molecule has 146 valence electrons. The number of aromatic carboxylic acids is 2. The largest absolute Gasteiger partial charge is 2.00 e. The van der Waals surface area contributed by atoms with Gasteiger partial charge in [0.15, 0.2) is 0 Å². The zero-order valence-electron chi connectivity index (χ0n) is 12.7. The summed E-state index contributed by atoms with van der Waals surface area (Å²) in [7, 11) is 0. The van der Waals surface area contributed by atoms with Crippen LogP contribution in [0, 0.1) is 0 Å². The number of pyridine rings is 1. The van der Waals surface area contributed by atoms with Crippen molar-refractivity contribution in [1.82, 2.24) is 4.98 Å². The van der Waals surface area contributed by atoms with Crippen LogP contribution in [0.4, 0.5) is 0 Å². The third-order valence-electron chi connectivity index (χ3n) is 2.40. The van der Waals surface area contributed by atoms with Crippen LogP contribution >= 0.6 is 0 Å². The van der Waals surface area contributed by atoms with Crippen molar-refractivity contribution in [2.75, 3.05) is 0 Å². The quantitative estimate of drug-likeness (QED) is 0.350. The molecule has 0 saturated heterocycles. The molecule has 25 heavy (non-hydrogen) atoms. The maximum Gasteiger partial charge on any atom is 2.00 e. The third kappa shape index (κ3) is 9.44. The van der Waals surface area contributed by atoms with Crippen LogP contribution in [0.2, 0.25) is 0 Å². The molecule has 1 aromatic heterocycles. The molecule has 0 atom stereocenters. The summed E-state index contributed by atoms with van der Waals surface area (Å²) < 4.78 is 0. The van der Waals surface area contributed by atoms with Crippen LogP contribution in [-0.2, 0) is 38.4 Å². The van der Waals surface area contributed by atoms with Crippen molar-refractivity contribution in [2.45, 2.75) is 0 Å². The first-order valence-corrected chi connectivity index (χ1v) is 5.07. The van der Waals surface area contributed by atoms with Crippen LogP contribution in [0.3, 0.4) is 0 Å². The third-order valence-corrected chi connectivity index (χ3v) is 2.40. The number of carbonyl (C=O) groups is 2. The minimum absolute atomic E-state index is 0. The first-order chi connectivity index (χ1) is 8.58. The molecule has 0 amide bonds. The molecule has 0 radical (unpaired) electrons. The molecule has 0 saturated carbocycles. The van der Waals surface area contributed by atoms with E-state index < -0.39 is 11.9 Å². The Morgan fingerprint density at radius 3 is 1.76 bits per heavy atom. The van der Waals surface area contributed by atoms with Crippen molar-refractivity contribution in [1.29, 1.82) is 0 Å². The van der Waals surface area contributed by atoms with Gasteiger partial charge in [0, 0.05) is 11.8 Å². The van der Waals surface area contributed by atoms with E-state index in [2.05, 4.69) is 4.98 Å². The summed E-state index contributed by atoms with van der Waals surface area (Å²) >= 11 is 0. The second-order valence-electron chi connectivity index (χ2n) is 3.59. The summed E-state index contributed by atoms with van der Waals surface area (Å²) in [5.74, 6) is -2.62. The number of nitrogens with zero attached hydrogens (tertiary/aromatic N) is 1. The van der Waals surface area contributed by atoms with E-state index in [4.69, 9.17) is 0 Å². The van der Waals surface area contributed by atoms with E-state index in [-0.39, 0.29) is 60.6 Å². The molecule has 0 aliphatic heterocycles. The molecule has 2 aromatic rings. The van der Waals surface area contributed by atoms with Gasteiger partial charge in [-0.3, -0.25) is 4.98 Å². The fraction of sp³-hybridized carbons (Fsp3) is 0. The maximum absolute atomic E-state index is 10.7. The Kier molecular flexibility index (Phi) is 25.1. The topological polar surface area (TPSA) is 288 Å². The number of benzene rings is 1. The van der Waals surface area contributed by atoms with Gasteiger partial charge in [-0.25, -0.2) is 0 Å². The van der Waals surface area contributed by atoms with Crippen LogP contribution in [-0.4, -0.2) is 27.9 Å². The number of aromatic nitrogens is 1. The van der Waals surface area contributed by atoms with E-state index in [1.54, 1.807) is 12.1 Å². The molecule has 2 rings (SSSR count). The van der Waals surface area contributed by atoms with E-state index in [0.29, 0.717) is 11.1 Å². The van der Waals surface area contributed by atoms with Gasteiger partial charge in [0.2, 0.25) is 0 Å². The van der Waals surface area contributed by atoms with E-state index in [1.807, 2.05) is 0 Å². The molecule has 1 aromatic carbocycles. The van der Waals surface area contributed by atoms with Gasteiger partial charge >= 0.3 is 16.5 Å². The predicted octanol–water partition coefficient (Wildman–Crippen LogP) is -5.86. The second-order valence-corrected chi connectivity index (χ2v) is 3.59. The Bertz CT molecular complexity index is 620. The summed E-state index contributed by atoms with van der Waals surface area (Å²) in [6.45, 7) is 0. The van der Waals surface area contributed by atoms with E-state index in [0.717, 1.165) is 0 Å². The van der Waals surface area contributed by atoms with Gasteiger partial charge in [-0.05, 0) is 23.3 Å². The SMILES string of the molecule is O.O.O=C([O-])c1cccc(-c2ccc(C(=O)[O-])nc2)c1.[Ni+2].[OH3+].[OH3+].[OH3+].[OH3+]. The summed E-state index contributed by atoms with van der Waals surface area (Å²) in [5, 5.41) is 21.2. The van der Waals surface area contributed by atoms with E-state index in [9.17, 15) is 19.8 Å². The van der Waals surface area contributed by atoms with Crippen molar-refractivity contribution in [3.8, 4) is 11.1 Å². The average molecular weight is 412 g/mol. The first kappa shape index (κ1) is 38.2. The van der Waals surface area contributed by atoms with Crippen LogP contribution in [0.5, 0.6) is 0 Å². The average Bonchev–Trinajstić information content (AvgIpc) is 2.39. The molecule has 0 unspecified atom stereocenters. The van der Waals surface area contributed by atoms with Gasteiger partial charge in [0.25, 0.3) is 0 Å². The van der Waals surface area contributed by atoms with Crippen LogP contribution in [0.15, 0.2) is 42.6 Å². The molecular weight excluding hydrogens is 389 g/mol. The minimum atomic E-state index is -1.36. The summed E-state index contributed by atoms with van der Waals surface area (Å²) in [5.41, 5.74) is 1.11. The fourth-order valence-corrected chi connectivity index (χ4v) is 1.51. The summed E-state index contributed by atoms with van der Waals surface area (Å²) in [6.07, 6.45) is 1.35. The summed E-state index contributed by atoms with van der Waals surface area (Å²) in [6, 6.07) is 8.96. The van der Waals surface area contributed by atoms with E-state index in [1.165, 1.54) is 30.5 Å². The van der Waals surface area contributed by atoms with Crippen LogP contribution in [0.1, 0.15) is 20.8 Å². The zero-order chi connectivity index (χ0) is 13.1. The van der Waals surface area contributed by atoms with Gasteiger partial charge in [0.1, 0.15) is 0 Å². The molecule has 0 aliphatic rings. The Balaban J connectivity index is -0.000000129. The number of rotatable bonds is 3. The Labute approximate surface area is 151 Å². The molecule has 12 heteroatoms. The Hall–Kier alpha value is -2.44. The Morgan fingerprint density at radius 1 is 0.800 bits per heavy atom. The molecule has 16 N–H and O–H groups in total. The zero-order valence-corrected chi connectivity index (χ0v) is 13.7. The van der Waals surface area contributed by atoms with Gasteiger partial charge < -0.3 is 52.7 Å². The molecular formula is C13H23NNiO10+4. The fourth-order valence-electron chi connectivity index (χ4n) is 1.51. The van der Waals surface area contributed by atoms with E-state index >= 15 is 0 Å². The van der Waals surface area contributed by atoms with Gasteiger partial charge in [-0.1, -0.05) is 24.3 Å². The standard InChI is InChI=1S/C13H9NO4.Ni.6H2O/c15-12(16)9-3-1-2-8(6-9)10-4-5-11(13(17)18)14-7-10;;;;;;;/h1-7H,(H,15,16)(H,17,18);;6*1H2/q;+2;;;;;;/p+2. The molecule has 0 spiro atoms. The second kappa shape index (κ2) is 16.4. The predicted molar refractivity (Wildman–Crippen MR) is 85.0 cm³/mol. The number of hydrogen-bond donors (Lipinski definition) is 0. The van der Waals surface area contributed by atoms with Crippen molar-refractivity contribution < 1.29 is 69.2 Å². The molecule has 11 nitrogen and oxygen atoms in total. The van der Waals surface area contributed by atoms with Gasteiger partial charge in [-0.15, -0.1) is 0 Å². The van der Waals surface area contributed by atoms with Gasteiger partial charge in [0.05, 0.1) is 17.6 Å². The number of hydrogen-bond acceptors (Lipinski definition) is 5. The van der Waals surface area contributed by atoms with Crippen molar-refractivity contribution in [3.63, 3.8) is 0 Å². The number of carboxylic acids is 2. The molecule has 0 fully saturated rings. The van der Waals surface area contributed by atoms with Crippen molar-refractivity contribution in [2.24, 2.45) is 0 Å². The van der Waals surface area contributed by atoms with Crippen molar-refractivity contribution in [3.05, 3.63) is 53.9 Å². The van der Waals surface area contributed by atoms with Crippen molar-refractivity contribution >= 4 is 11.9 Å². The molecule has 1 heterocycles. The minimum Gasteiger partial charge on any atom is -0.545 e. The first-order valence-electron chi connectivity index (χ1n) is 5.07. The Morgan fingerprint density at radius 2 is 1.36 bits per heavy atom. The maximum atomic E-state index is 10.7. The monoisotopic (exact) mass is 411 g/mol. The van der Waals surface area contributed by atoms with Crippen LogP contribution in [0.25, 0.3) is 11.1 Å². The molecule has 0 bridgehead atoms. The number of carbonyl (C=O) groups excluding carboxylic acids is 2. The summed E-state index contributed by atoms with van der Waals surface area (Å²) in [4.78, 5) is 25.0. The normalized spacial score (nSPS) is 7.20. The van der Waals surface area contributed by atoms with Crippen LogP contribution < -0.4 is 10.2 Å². The smallest absolute Gasteiger partial charge is 0.545 e. The number of carboxylic acid groups (broad SMARTS) is 2. The molecule has 0 aliphatic carbocycles. The van der Waals surface area contributed by atoms with Gasteiger partial charge in [-0.2, -0.15) is 0 Å².